The minimum atomic E-state index is -1.45. The summed E-state index contributed by atoms with van der Waals surface area (Å²) in [6.45, 7) is 20.3. The topological polar surface area (TPSA) is 168 Å². The zero-order valence-corrected chi connectivity index (χ0v) is 34.2. The molecule has 2 aromatic rings. The highest BCUT2D eigenvalue weighted by Crippen LogP contribution is 2.41. The van der Waals surface area contributed by atoms with Gasteiger partial charge in [-0.3, -0.25) is 19.8 Å². The van der Waals surface area contributed by atoms with E-state index in [9.17, 15) is 24.3 Å². The van der Waals surface area contributed by atoms with Gasteiger partial charge in [0, 0.05) is 18.0 Å². The van der Waals surface area contributed by atoms with Crippen LogP contribution in [0.15, 0.2) is 71.9 Å². The first-order valence-corrected chi connectivity index (χ1v) is 18.6. The van der Waals surface area contributed by atoms with Gasteiger partial charge >= 0.3 is 12.2 Å². The Hall–Kier alpha value is -4.88. The molecule has 0 saturated heterocycles. The quantitative estimate of drug-likeness (QED) is 0.0441. The monoisotopic (exact) mass is 801 g/mol. The SMILES string of the molecule is C=CCCCCN(CC(=O)Nc1c(Cl)cc(C(C(=NC(=O)CC(=NOCC)c2ccc(OCC=C)cc2)NC(=O)O)C(C)(C)C)cc1Cl)C(=O)OC(C)(C)C. The highest BCUT2D eigenvalue weighted by atomic mass is 35.5. The number of halogens is 2. The number of carboxylic acid groups (broad SMARTS) is 1. The highest BCUT2D eigenvalue weighted by Gasteiger charge is 2.34. The number of nitrogens with zero attached hydrogens (tertiary/aromatic N) is 3. The Kier molecular flexibility index (Phi) is 18.4. The molecule has 15 heteroatoms. The second-order valence-electron chi connectivity index (χ2n) is 14.5. The summed E-state index contributed by atoms with van der Waals surface area (Å²) < 4.78 is 11.1. The molecule has 1 atom stereocenters. The number of carbonyl (C=O) groups is 4. The molecular formula is C40H53Cl2N5O8. The summed E-state index contributed by atoms with van der Waals surface area (Å²) in [5.41, 5.74) is -0.187. The molecule has 55 heavy (non-hydrogen) atoms. The van der Waals surface area contributed by atoms with E-state index in [4.69, 9.17) is 37.5 Å². The van der Waals surface area contributed by atoms with Crippen molar-refractivity contribution in [2.45, 2.75) is 85.7 Å². The maximum absolute atomic E-state index is 13.5. The fourth-order valence-electron chi connectivity index (χ4n) is 5.27. The number of ether oxygens (including phenoxy) is 2. The molecule has 0 fully saturated rings. The normalized spacial score (nSPS) is 12.6. The van der Waals surface area contributed by atoms with Crippen molar-refractivity contribution in [2.75, 3.05) is 31.6 Å². The number of aliphatic imine (C=N–C) groups is 1. The van der Waals surface area contributed by atoms with Crippen LogP contribution in [0.3, 0.4) is 0 Å². The summed E-state index contributed by atoms with van der Waals surface area (Å²) in [5, 5.41) is 19.0. The van der Waals surface area contributed by atoms with E-state index in [1.807, 2.05) is 20.8 Å². The van der Waals surface area contributed by atoms with Gasteiger partial charge in [0.1, 0.15) is 36.9 Å². The molecule has 0 aliphatic carbocycles. The van der Waals surface area contributed by atoms with Crippen LogP contribution in [0.25, 0.3) is 0 Å². The molecule has 4 amide bonds. The van der Waals surface area contributed by atoms with Crippen molar-refractivity contribution >= 4 is 64.4 Å². The predicted molar refractivity (Wildman–Crippen MR) is 218 cm³/mol. The molecule has 2 aromatic carbocycles. The lowest BCUT2D eigenvalue weighted by Crippen LogP contribution is -2.42. The molecule has 0 aliphatic rings. The van der Waals surface area contributed by atoms with Crippen LogP contribution in [0, 0.1) is 5.41 Å². The van der Waals surface area contributed by atoms with Crippen molar-refractivity contribution in [1.82, 2.24) is 10.2 Å². The van der Waals surface area contributed by atoms with Gasteiger partial charge in [-0.2, -0.15) is 4.99 Å². The number of carbonyl (C=O) groups excluding carboxylic acids is 3. The van der Waals surface area contributed by atoms with Gasteiger partial charge in [0.25, 0.3) is 5.91 Å². The van der Waals surface area contributed by atoms with Gasteiger partial charge in [-0.05, 0) is 94.3 Å². The lowest BCUT2D eigenvalue weighted by Gasteiger charge is -2.32. The van der Waals surface area contributed by atoms with Gasteiger partial charge < -0.3 is 24.7 Å². The molecule has 0 aromatic heterocycles. The molecular weight excluding hydrogens is 749 g/mol. The Balaban J connectivity index is 2.46. The molecule has 0 heterocycles. The summed E-state index contributed by atoms with van der Waals surface area (Å²) in [6, 6.07) is 9.88. The Morgan fingerprint density at radius 3 is 2.15 bits per heavy atom. The van der Waals surface area contributed by atoms with Gasteiger partial charge in [-0.15, -0.1) is 6.58 Å². The van der Waals surface area contributed by atoms with Gasteiger partial charge in [0.2, 0.25) is 5.91 Å². The van der Waals surface area contributed by atoms with Gasteiger partial charge in [-0.1, -0.05) is 67.9 Å². The molecule has 0 bridgehead atoms. The number of amides is 4. The van der Waals surface area contributed by atoms with E-state index < -0.39 is 40.9 Å². The summed E-state index contributed by atoms with van der Waals surface area (Å²) >= 11 is 13.4. The second kappa shape index (κ2) is 21.9. The van der Waals surface area contributed by atoms with Gasteiger partial charge in [0.15, 0.2) is 0 Å². The summed E-state index contributed by atoms with van der Waals surface area (Å²) in [7, 11) is 0. The second-order valence-corrected chi connectivity index (χ2v) is 15.3. The summed E-state index contributed by atoms with van der Waals surface area (Å²) in [6.07, 6.45) is 3.15. The van der Waals surface area contributed by atoms with Crippen molar-refractivity contribution in [2.24, 2.45) is 15.6 Å². The van der Waals surface area contributed by atoms with E-state index in [1.165, 1.54) is 17.0 Å². The Labute approximate surface area is 333 Å². The Morgan fingerprint density at radius 2 is 1.62 bits per heavy atom. The fraction of sp³-hybridized carbons (Fsp3) is 0.450. The van der Waals surface area contributed by atoms with E-state index in [1.54, 1.807) is 64.1 Å². The van der Waals surface area contributed by atoms with Crippen LogP contribution >= 0.6 is 23.2 Å². The third kappa shape index (κ3) is 16.2. The molecule has 0 spiro atoms. The van der Waals surface area contributed by atoms with Crippen LogP contribution in [-0.2, 0) is 19.2 Å². The average Bonchev–Trinajstić information content (AvgIpc) is 3.07. The number of hydrogen-bond donors (Lipinski definition) is 3. The van der Waals surface area contributed by atoms with Gasteiger partial charge in [0.05, 0.1) is 27.9 Å². The number of unbranched alkanes of at least 4 members (excludes halogenated alkanes) is 2. The summed E-state index contributed by atoms with van der Waals surface area (Å²) in [4.78, 5) is 62.6. The number of amidine groups is 1. The smallest absolute Gasteiger partial charge is 0.410 e. The standard InChI is InChI=1S/C40H53Cl2N5O8/c1-10-13-14-15-20-47(38(52)55-40(7,8)9)25-33(49)43-35-29(41)22-27(23-30(35)42)34(39(4,5)6)36(45-37(50)51)44-32(48)24-31(46-54-12-3)26-16-18-28(19-17-26)53-21-11-2/h10-11,16-19,22-23,34H,1-2,12-15,20-21,24-25H2,3-9H3,(H,43,49)(H,50,51)(H,44,45,48). The van der Waals surface area contributed by atoms with E-state index in [2.05, 4.69) is 33.9 Å². The number of rotatable bonds is 18. The number of oxime groups is 1. The van der Waals surface area contributed by atoms with Crippen LogP contribution < -0.4 is 15.4 Å². The third-order valence-electron chi connectivity index (χ3n) is 7.53. The van der Waals surface area contributed by atoms with E-state index >= 15 is 0 Å². The molecule has 2 rings (SSSR count). The predicted octanol–water partition coefficient (Wildman–Crippen LogP) is 9.24. The third-order valence-corrected chi connectivity index (χ3v) is 8.13. The van der Waals surface area contributed by atoms with Crippen LogP contribution in [0.1, 0.15) is 91.2 Å². The van der Waals surface area contributed by atoms with Crippen molar-refractivity contribution in [3.05, 3.63) is 82.9 Å². The van der Waals surface area contributed by atoms with E-state index in [0.717, 1.165) is 12.8 Å². The van der Waals surface area contributed by atoms with Gasteiger partial charge in [-0.25, -0.2) is 9.59 Å². The molecule has 0 aliphatic heterocycles. The van der Waals surface area contributed by atoms with Crippen LogP contribution in [0.4, 0.5) is 15.3 Å². The van der Waals surface area contributed by atoms with Crippen molar-refractivity contribution < 1.29 is 38.6 Å². The molecule has 3 N–H and O–H groups in total. The van der Waals surface area contributed by atoms with Crippen molar-refractivity contribution in [1.29, 1.82) is 0 Å². The molecule has 13 nitrogen and oxygen atoms in total. The number of nitrogens with one attached hydrogen (secondary N) is 2. The van der Waals surface area contributed by atoms with Crippen molar-refractivity contribution in [3.63, 3.8) is 0 Å². The van der Waals surface area contributed by atoms with Crippen molar-refractivity contribution in [3.8, 4) is 5.75 Å². The maximum Gasteiger partial charge on any atom is 0.410 e. The number of anilines is 1. The largest absolute Gasteiger partial charge is 0.490 e. The minimum absolute atomic E-state index is 0.0348. The number of hydrogen-bond acceptors (Lipinski definition) is 8. The fourth-order valence-corrected chi connectivity index (χ4v) is 5.87. The molecule has 0 radical (unpaired) electrons. The highest BCUT2D eigenvalue weighted by molar-refractivity contribution is 6.40. The lowest BCUT2D eigenvalue weighted by molar-refractivity contribution is -0.117. The zero-order valence-electron chi connectivity index (χ0n) is 32.7. The van der Waals surface area contributed by atoms with Crippen LogP contribution in [-0.4, -0.2) is 77.5 Å². The summed E-state index contributed by atoms with van der Waals surface area (Å²) in [5.74, 6) is -1.72. The average molecular weight is 803 g/mol. The molecule has 300 valence electrons. The molecule has 0 saturated carbocycles. The first-order chi connectivity index (χ1) is 25.8. The first kappa shape index (κ1) is 46.3. The Bertz CT molecular complexity index is 1710. The van der Waals surface area contributed by atoms with E-state index in [0.29, 0.717) is 29.9 Å². The maximum atomic E-state index is 13.5. The van der Waals surface area contributed by atoms with E-state index in [-0.39, 0.29) is 53.4 Å². The number of benzene rings is 2. The zero-order chi connectivity index (χ0) is 41.3. The van der Waals surface area contributed by atoms with Crippen LogP contribution in [0.2, 0.25) is 10.0 Å². The first-order valence-electron chi connectivity index (χ1n) is 17.8. The molecule has 1 unspecified atom stereocenters. The lowest BCUT2D eigenvalue weighted by atomic mass is 9.75. The van der Waals surface area contributed by atoms with Crippen LogP contribution in [0.5, 0.6) is 5.75 Å². The Morgan fingerprint density at radius 1 is 0.982 bits per heavy atom. The number of allylic oxidation sites excluding steroid dienone is 1. The minimum Gasteiger partial charge on any atom is -0.490 e.